The van der Waals surface area contributed by atoms with Crippen LogP contribution in [0.5, 0.6) is 0 Å². The molecule has 20 heavy (non-hydrogen) atoms. The van der Waals surface area contributed by atoms with E-state index >= 15 is 0 Å². The van der Waals surface area contributed by atoms with Crippen LogP contribution in [0.15, 0.2) is 35.2 Å². The maximum Gasteiger partial charge on any atom is 0.269 e. The highest BCUT2D eigenvalue weighted by atomic mass is 32.1. The van der Waals surface area contributed by atoms with Gasteiger partial charge in [0.2, 0.25) is 5.91 Å². The summed E-state index contributed by atoms with van der Waals surface area (Å²) in [5.41, 5.74) is 3.50. The van der Waals surface area contributed by atoms with Gasteiger partial charge in [0.25, 0.3) is 5.69 Å². The van der Waals surface area contributed by atoms with E-state index < -0.39 is 4.92 Å². The lowest BCUT2D eigenvalue weighted by Gasteiger charge is -2.04. The van der Waals surface area contributed by atoms with Gasteiger partial charge in [0.05, 0.1) is 22.5 Å². The van der Waals surface area contributed by atoms with Crippen molar-refractivity contribution in [1.29, 1.82) is 0 Å². The van der Waals surface area contributed by atoms with E-state index in [0.29, 0.717) is 13.0 Å². The van der Waals surface area contributed by atoms with Gasteiger partial charge in [-0.05, 0) is 5.56 Å². The van der Waals surface area contributed by atoms with Crippen LogP contribution in [-0.2, 0) is 17.6 Å². The lowest BCUT2D eigenvalue weighted by molar-refractivity contribution is -0.384. The number of nitrogens with one attached hydrogen (secondary N) is 1. The van der Waals surface area contributed by atoms with Gasteiger partial charge in [-0.3, -0.25) is 14.9 Å². The van der Waals surface area contributed by atoms with Crippen molar-refractivity contribution in [2.24, 2.45) is 0 Å². The van der Waals surface area contributed by atoms with Crippen LogP contribution in [0.25, 0.3) is 0 Å². The second-order valence-corrected chi connectivity index (χ2v) is 4.90. The van der Waals surface area contributed by atoms with E-state index in [1.807, 2.05) is 5.38 Å². The van der Waals surface area contributed by atoms with Crippen LogP contribution in [0.1, 0.15) is 11.3 Å². The van der Waals surface area contributed by atoms with Gasteiger partial charge in [-0.1, -0.05) is 12.1 Å². The number of aromatic nitrogens is 1. The number of nitrogens with zero attached hydrogens (tertiary/aromatic N) is 2. The highest BCUT2D eigenvalue weighted by molar-refractivity contribution is 7.07. The van der Waals surface area contributed by atoms with Crippen LogP contribution in [0, 0.1) is 10.1 Å². The van der Waals surface area contributed by atoms with Crippen molar-refractivity contribution in [2.75, 3.05) is 6.54 Å². The Kier molecular flexibility index (Phi) is 4.78. The zero-order valence-corrected chi connectivity index (χ0v) is 11.4. The molecule has 0 saturated heterocycles. The first-order valence-electron chi connectivity index (χ1n) is 6.02. The molecule has 0 atom stereocenters. The molecule has 0 fully saturated rings. The van der Waals surface area contributed by atoms with Crippen molar-refractivity contribution in [2.45, 2.75) is 12.8 Å². The fraction of sp³-hybridized carbons (Fsp3) is 0.231. The van der Waals surface area contributed by atoms with E-state index in [4.69, 9.17) is 0 Å². The fourth-order valence-corrected chi connectivity index (χ4v) is 2.27. The molecule has 6 nitrogen and oxygen atoms in total. The number of non-ortho nitro benzene ring substituents is 1. The molecule has 0 spiro atoms. The minimum Gasteiger partial charge on any atom is -0.355 e. The van der Waals surface area contributed by atoms with Crippen molar-refractivity contribution >= 4 is 22.9 Å². The summed E-state index contributed by atoms with van der Waals surface area (Å²) >= 11 is 1.53. The maximum absolute atomic E-state index is 11.7. The topological polar surface area (TPSA) is 85.1 Å². The molecule has 0 unspecified atom stereocenters. The Bertz CT molecular complexity index is 581. The van der Waals surface area contributed by atoms with Crippen molar-refractivity contribution in [3.63, 3.8) is 0 Å². The number of hydrogen-bond donors (Lipinski definition) is 1. The van der Waals surface area contributed by atoms with Gasteiger partial charge in [0, 0.05) is 30.5 Å². The summed E-state index contributed by atoms with van der Waals surface area (Å²) in [4.78, 5) is 25.9. The molecule has 1 amide bonds. The number of carbonyl (C=O) groups excluding carboxylic acids is 1. The number of thiazole rings is 1. The van der Waals surface area contributed by atoms with Gasteiger partial charge in [-0.15, -0.1) is 11.3 Å². The lowest BCUT2D eigenvalue weighted by atomic mass is 10.1. The fourth-order valence-electron chi connectivity index (χ4n) is 1.67. The molecule has 0 aliphatic carbocycles. The third-order valence-electron chi connectivity index (χ3n) is 2.70. The Balaban J connectivity index is 1.77. The van der Waals surface area contributed by atoms with Crippen LogP contribution in [0.3, 0.4) is 0 Å². The molecule has 7 heteroatoms. The minimum atomic E-state index is -0.461. The Labute approximate surface area is 119 Å². The summed E-state index contributed by atoms with van der Waals surface area (Å²) < 4.78 is 0. The summed E-state index contributed by atoms with van der Waals surface area (Å²) in [6.07, 6.45) is 0.921. The number of nitro groups is 1. The molecular formula is C13H13N3O3S. The van der Waals surface area contributed by atoms with Gasteiger partial charge in [0.1, 0.15) is 0 Å². The lowest BCUT2D eigenvalue weighted by Crippen LogP contribution is -2.27. The Hall–Kier alpha value is -2.28. The van der Waals surface area contributed by atoms with Gasteiger partial charge < -0.3 is 5.32 Å². The molecule has 0 aliphatic heterocycles. The van der Waals surface area contributed by atoms with E-state index in [1.54, 1.807) is 17.6 Å². The van der Waals surface area contributed by atoms with Crippen LogP contribution in [-0.4, -0.2) is 22.4 Å². The van der Waals surface area contributed by atoms with Crippen molar-refractivity contribution in [3.8, 4) is 0 Å². The van der Waals surface area contributed by atoms with Crippen LogP contribution >= 0.6 is 11.3 Å². The number of carbonyl (C=O) groups is 1. The summed E-state index contributed by atoms with van der Waals surface area (Å²) in [6.45, 7) is 0.537. The third kappa shape index (κ3) is 4.13. The summed E-state index contributed by atoms with van der Waals surface area (Å²) in [6, 6.07) is 5.99. The zero-order valence-electron chi connectivity index (χ0n) is 10.6. The molecule has 1 aromatic heterocycles. The minimum absolute atomic E-state index is 0.0256. The van der Waals surface area contributed by atoms with Gasteiger partial charge in [-0.2, -0.15) is 0 Å². The molecular weight excluding hydrogens is 278 g/mol. The molecule has 0 radical (unpaired) electrons. The second kappa shape index (κ2) is 6.76. The highest BCUT2D eigenvalue weighted by Gasteiger charge is 2.07. The molecule has 0 saturated carbocycles. The quantitative estimate of drug-likeness (QED) is 0.651. The first kappa shape index (κ1) is 14.1. The van der Waals surface area contributed by atoms with E-state index in [-0.39, 0.29) is 18.0 Å². The molecule has 1 heterocycles. The smallest absolute Gasteiger partial charge is 0.269 e. The molecule has 2 rings (SSSR count). The normalized spacial score (nSPS) is 10.2. The summed E-state index contributed by atoms with van der Waals surface area (Å²) in [5, 5.41) is 15.3. The largest absolute Gasteiger partial charge is 0.355 e. The van der Waals surface area contributed by atoms with Crippen LogP contribution in [0.4, 0.5) is 5.69 Å². The molecule has 0 bridgehead atoms. The van der Waals surface area contributed by atoms with Gasteiger partial charge in [-0.25, -0.2) is 4.98 Å². The monoisotopic (exact) mass is 291 g/mol. The van der Waals surface area contributed by atoms with Crippen LogP contribution < -0.4 is 5.32 Å². The Morgan fingerprint density at radius 3 is 2.70 bits per heavy atom. The number of rotatable bonds is 6. The average Bonchev–Trinajstić information content (AvgIpc) is 2.92. The highest BCUT2D eigenvalue weighted by Crippen LogP contribution is 2.12. The number of benzene rings is 1. The number of hydrogen-bond acceptors (Lipinski definition) is 5. The van der Waals surface area contributed by atoms with Gasteiger partial charge >= 0.3 is 0 Å². The van der Waals surface area contributed by atoms with E-state index in [2.05, 4.69) is 10.3 Å². The average molecular weight is 291 g/mol. The first-order valence-corrected chi connectivity index (χ1v) is 6.96. The standard InChI is InChI=1S/C13H13N3O3S/c17-13(14-6-5-11-8-20-9-15-11)7-10-1-3-12(4-2-10)16(18)19/h1-4,8-9H,5-7H2,(H,14,17). The zero-order chi connectivity index (χ0) is 14.4. The molecule has 2 aromatic rings. The number of amides is 1. The van der Waals surface area contributed by atoms with Gasteiger partial charge in [0.15, 0.2) is 0 Å². The van der Waals surface area contributed by atoms with Crippen molar-refractivity contribution in [3.05, 3.63) is 56.5 Å². The van der Waals surface area contributed by atoms with Crippen molar-refractivity contribution < 1.29 is 9.72 Å². The Morgan fingerprint density at radius 2 is 2.10 bits per heavy atom. The molecule has 104 valence electrons. The van der Waals surface area contributed by atoms with Crippen molar-refractivity contribution in [1.82, 2.24) is 10.3 Å². The maximum atomic E-state index is 11.7. The molecule has 1 aromatic carbocycles. The predicted octanol–water partition coefficient (Wildman–Crippen LogP) is 1.95. The van der Waals surface area contributed by atoms with E-state index in [9.17, 15) is 14.9 Å². The summed E-state index contributed by atoms with van der Waals surface area (Å²) in [5.74, 6) is -0.103. The predicted molar refractivity (Wildman–Crippen MR) is 75.6 cm³/mol. The second-order valence-electron chi connectivity index (χ2n) is 4.18. The van der Waals surface area contributed by atoms with Crippen LogP contribution in [0.2, 0.25) is 0 Å². The SMILES string of the molecule is O=C(Cc1ccc([N+](=O)[O-])cc1)NCCc1cscn1. The Morgan fingerprint density at radius 1 is 1.35 bits per heavy atom. The number of nitro benzene ring substituents is 1. The first-order chi connectivity index (χ1) is 9.65. The van der Waals surface area contributed by atoms with E-state index in [0.717, 1.165) is 11.3 Å². The summed E-state index contributed by atoms with van der Waals surface area (Å²) in [7, 11) is 0. The van der Waals surface area contributed by atoms with E-state index in [1.165, 1.54) is 23.5 Å². The third-order valence-corrected chi connectivity index (χ3v) is 3.33. The molecule has 1 N–H and O–H groups in total. The molecule has 0 aliphatic rings.